The average Bonchev–Trinajstić information content (AvgIpc) is 2.68. The van der Waals surface area contributed by atoms with Gasteiger partial charge in [-0.2, -0.15) is 0 Å². The number of hydrogen-bond acceptors (Lipinski definition) is 3. The van der Waals surface area contributed by atoms with Gasteiger partial charge in [0.25, 0.3) is 5.91 Å². The number of carbonyl (C=O) groups is 2. The molecule has 0 radical (unpaired) electrons. The zero-order valence-corrected chi connectivity index (χ0v) is 12.8. The first-order valence-corrected chi connectivity index (χ1v) is 7.15. The Morgan fingerprint density at radius 3 is 2.47 bits per heavy atom. The fraction of sp³-hybridized carbons (Fsp3) is 0.538. The minimum absolute atomic E-state index is 0.0972. The van der Waals surface area contributed by atoms with Crippen LogP contribution in [0.15, 0.2) is 12.1 Å². The lowest BCUT2D eigenvalue weighted by Crippen LogP contribution is -2.34. The largest absolute Gasteiger partial charge is 0.481 e. The van der Waals surface area contributed by atoms with Crippen LogP contribution in [0.1, 0.15) is 36.9 Å². The summed E-state index contributed by atoms with van der Waals surface area (Å²) >= 11 is 6.92. The molecule has 0 aromatic carbocycles. The maximum atomic E-state index is 11.8. The maximum absolute atomic E-state index is 11.8. The van der Waals surface area contributed by atoms with Crippen LogP contribution in [0.3, 0.4) is 0 Å². The van der Waals surface area contributed by atoms with Gasteiger partial charge in [-0.25, -0.2) is 0 Å². The molecule has 0 bridgehead atoms. The van der Waals surface area contributed by atoms with Gasteiger partial charge in [0.15, 0.2) is 0 Å². The monoisotopic (exact) mass is 303 g/mol. The highest BCUT2D eigenvalue weighted by Crippen LogP contribution is 2.25. The highest BCUT2D eigenvalue weighted by atomic mass is 35.5. The molecule has 0 fully saturated rings. The van der Waals surface area contributed by atoms with E-state index in [-0.39, 0.29) is 17.9 Å². The van der Waals surface area contributed by atoms with Gasteiger partial charge in [0, 0.05) is 6.54 Å². The standard InChI is InChI=1S/C13H18ClNO3S/c1-13(2,3)6-8(12(17)18)7-15-11(16)9-4-5-10(14)19-9/h4-5,8H,6-7H2,1-3H3,(H,15,16)(H,17,18). The van der Waals surface area contributed by atoms with Crippen LogP contribution in [-0.4, -0.2) is 23.5 Å². The van der Waals surface area contributed by atoms with Crippen molar-refractivity contribution in [3.05, 3.63) is 21.3 Å². The molecule has 106 valence electrons. The lowest BCUT2D eigenvalue weighted by molar-refractivity contribution is -0.142. The molecule has 0 saturated heterocycles. The Hall–Kier alpha value is -1.07. The molecule has 19 heavy (non-hydrogen) atoms. The first-order chi connectivity index (χ1) is 8.69. The molecule has 0 saturated carbocycles. The van der Waals surface area contributed by atoms with E-state index in [1.165, 1.54) is 11.3 Å². The molecule has 2 N–H and O–H groups in total. The van der Waals surface area contributed by atoms with E-state index in [1.54, 1.807) is 12.1 Å². The Morgan fingerprint density at radius 2 is 2.05 bits per heavy atom. The molecule has 1 heterocycles. The number of carbonyl (C=O) groups excluding carboxylic acids is 1. The van der Waals surface area contributed by atoms with Crippen LogP contribution in [0.25, 0.3) is 0 Å². The molecule has 0 aliphatic rings. The first-order valence-electron chi connectivity index (χ1n) is 5.95. The first kappa shape index (κ1) is 16.0. The number of aliphatic carboxylic acids is 1. The van der Waals surface area contributed by atoms with Gasteiger partial charge in [0.1, 0.15) is 0 Å². The van der Waals surface area contributed by atoms with Crippen LogP contribution in [0, 0.1) is 11.3 Å². The number of nitrogens with one attached hydrogen (secondary N) is 1. The average molecular weight is 304 g/mol. The third-order valence-electron chi connectivity index (χ3n) is 2.51. The summed E-state index contributed by atoms with van der Waals surface area (Å²) in [5.74, 6) is -1.75. The van der Waals surface area contributed by atoms with Gasteiger partial charge in [-0.15, -0.1) is 11.3 Å². The van der Waals surface area contributed by atoms with Gasteiger partial charge in [-0.3, -0.25) is 9.59 Å². The van der Waals surface area contributed by atoms with Crippen LogP contribution >= 0.6 is 22.9 Å². The second-order valence-electron chi connectivity index (χ2n) is 5.61. The van der Waals surface area contributed by atoms with Crippen LogP contribution < -0.4 is 5.32 Å². The summed E-state index contributed by atoms with van der Waals surface area (Å²) in [5.41, 5.74) is -0.0972. The van der Waals surface area contributed by atoms with Gasteiger partial charge in [-0.1, -0.05) is 32.4 Å². The van der Waals surface area contributed by atoms with E-state index in [9.17, 15) is 9.59 Å². The summed E-state index contributed by atoms with van der Waals surface area (Å²) in [6.45, 7) is 6.05. The molecular formula is C13H18ClNO3S. The number of carboxylic acid groups (broad SMARTS) is 1. The molecule has 4 nitrogen and oxygen atoms in total. The lowest BCUT2D eigenvalue weighted by atomic mass is 9.84. The Bertz CT molecular complexity index is 465. The van der Waals surface area contributed by atoms with E-state index in [1.807, 2.05) is 20.8 Å². The number of halogens is 1. The minimum atomic E-state index is -0.889. The molecule has 1 atom stereocenters. The van der Waals surface area contributed by atoms with E-state index in [2.05, 4.69) is 5.32 Å². The van der Waals surface area contributed by atoms with Crippen molar-refractivity contribution in [2.45, 2.75) is 27.2 Å². The predicted octanol–water partition coefficient (Wildman–Crippen LogP) is 3.27. The van der Waals surface area contributed by atoms with Gasteiger partial charge in [0.2, 0.25) is 0 Å². The molecule has 1 aromatic rings. The molecule has 0 spiro atoms. The van der Waals surface area contributed by atoms with E-state index in [0.29, 0.717) is 15.6 Å². The smallest absolute Gasteiger partial charge is 0.308 e. The molecule has 1 aromatic heterocycles. The summed E-state index contributed by atoms with van der Waals surface area (Å²) in [7, 11) is 0. The number of thiophene rings is 1. The summed E-state index contributed by atoms with van der Waals surface area (Å²) in [6.07, 6.45) is 0.508. The quantitative estimate of drug-likeness (QED) is 0.877. The van der Waals surface area contributed by atoms with Crippen molar-refractivity contribution in [2.24, 2.45) is 11.3 Å². The summed E-state index contributed by atoms with van der Waals surface area (Å²) < 4.78 is 0.537. The Balaban J connectivity index is 2.57. The highest BCUT2D eigenvalue weighted by molar-refractivity contribution is 7.17. The fourth-order valence-electron chi connectivity index (χ4n) is 1.73. The molecule has 6 heteroatoms. The summed E-state index contributed by atoms with van der Waals surface area (Å²) in [4.78, 5) is 23.4. The normalized spacial score (nSPS) is 13.1. The van der Waals surface area contributed by atoms with Crippen molar-refractivity contribution in [2.75, 3.05) is 6.54 Å². The Labute approximate surface area is 121 Å². The number of hydrogen-bond donors (Lipinski definition) is 2. The van der Waals surface area contributed by atoms with E-state index < -0.39 is 11.9 Å². The molecule has 1 amide bonds. The van der Waals surface area contributed by atoms with Crippen molar-refractivity contribution in [1.29, 1.82) is 0 Å². The predicted molar refractivity (Wildman–Crippen MR) is 76.9 cm³/mol. The third kappa shape index (κ3) is 5.61. The SMILES string of the molecule is CC(C)(C)CC(CNC(=O)c1ccc(Cl)s1)C(=O)O. The third-order valence-corrected chi connectivity index (χ3v) is 3.74. The second kappa shape index (κ2) is 6.39. The topological polar surface area (TPSA) is 66.4 Å². The van der Waals surface area contributed by atoms with Crippen molar-refractivity contribution in [3.63, 3.8) is 0 Å². The fourth-order valence-corrected chi connectivity index (χ4v) is 2.68. The Kier molecular flexibility index (Phi) is 5.38. The van der Waals surface area contributed by atoms with Crippen molar-refractivity contribution in [1.82, 2.24) is 5.32 Å². The van der Waals surface area contributed by atoms with E-state index >= 15 is 0 Å². The van der Waals surface area contributed by atoms with Crippen molar-refractivity contribution < 1.29 is 14.7 Å². The number of rotatable bonds is 5. The maximum Gasteiger partial charge on any atom is 0.308 e. The van der Waals surface area contributed by atoms with Crippen LogP contribution in [0.2, 0.25) is 4.34 Å². The number of amides is 1. The van der Waals surface area contributed by atoms with Gasteiger partial charge < -0.3 is 10.4 Å². The van der Waals surface area contributed by atoms with Crippen LogP contribution in [-0.2, 0) is 4.79 Å². The zero-order valence-electron chi connectivity index (χ0n) is 11.2. The Morgan fingerprint density at radius 1 is 1.42 bits per heavy atom. The highest BCUT2D eigenvalue weighted by Gasteiger charge is 2.25. The van der Waals surface area contributed by atoms with Crippen LogP contribution in [0.5, 0.6) is 0 Å². The molecule has 0 aliphatic carbocycles. The molecular weight excluding hydrogens is 286 g/mol. The molecule has 1 rings (SSSR count). The zero-order chi connectivity index (χ0) is 14.6. The molecule has 1 unspecified atom stereocenters. The summed E-state index contributed by atoms with van der Waals surface area (Å²) in [6, 6.07) is 3.27. The second-order valence-corrected chi connectivity index (χ2v) is 7.33. The molecule has 0 aliphatic heterocycles. The minimum Gasteiger partial charge on any atom is -0.481 e. The summed E-state index contributed by atoms with van der Waals surface area (Å²) in [5, 5.41) is 11.8. The lowest BCUT2D eigenvalue weighted by Gasteiger charge is -2.23. The van der Waals surface area contributed by atoms with Crippen LogP contribution in [0.4, 0.5) is 0 Å². The van der Waals surface area contributed by atoms with Crippen molar-refractivity contribution in [3.8, 4) is 0 Å². The van der Waals surface area contributed by atoms with E-state index in [0.717, 1.165) is 0 Å². The van der Waals surface area contributed by atoms with E-state index in [4.69, 9.17) is 16.7 Å². The van der Waals surface area contributed by atoms with Gasteiger partial charge >= 0.3 is 5.97 Å². The van der Waals surface area contributed by atoms with Crippen molar-refractivity contribution >= 4 is 34.8 Å². The van der Waals surface area contributed by atoms with Gasteiger partial charge in [-0.05, 0) is 24.0 Å². The van der Waals surface area contributed by atoms with Gasteiger partial charge in [0.05, 0.1) is 15.1 Å². The number of carboxylic acids is 1.